The van der Waals surface area contributed by atoms with Crippen molar-refractivity contribution in [2.45, 2.75) is 37.6 Å². The maximum atomic E-state index is 13.2. The predicted molar refractivity (Wildman–Crippen MR) is 111 cm³/mol. The van der Waals surface area contributed by atoms with Crippen LogP contribution in [-0.2, 0) is 16.8 Å². The number of benzene rings is 1. The molecule has 5 heteroatoms. The van der Waals surface area contributed by atoms with Gasteiger partial charge in [0.05, 0.1) is 11.1 Å². The van der Waals surface area contributed by atoms with Gasteiger partial charge in [0.15, 0.2) is 0 Å². The van der Waals surface area contributed by atoms with Crippen molar-refractivity contribution in [1.82, 2.24) is 10.3 Å². The van der Waals surface area contributed by atoms with Crippen LogP contribution in [0.15, 0.2) is 59.4 Å². The first-order valence-electron chi connectivity index (χ1n) is 9.19. The van der Waals surface area contributed by atoms with Crippen LogP contribution in [-0.4, -0.2) is 10.9 Å². The third-order valence-corrected chi connectivity index (χ3v) is 6.32. The monoisotopic (exact) mass is 396 g/mol. The highest BCUT2D eigenvalue weighted by molar-refractivity contribution is 7.08. The number of carbonyl (C=O) groups is 1. The van der Waals surface area contributed by atoms with Crippen molar-refractivity contribution in [3.63, 3.8) is 0 Å². The number of halogens is 1. The highest BCUT2D eigenvalue weighted by Crippen LogP contribution is 2.41. The Morgan fingerprint density at radius 3 is 2.63 bits per heavy atom. The highest BCUT2D eigenvalue weighted by Gasteiger charge is 2.42. The Hall–Kier alpha value is -2.17. The second kappa shape index (κ2) is 7.83. The fourth-order valence-corrected chi connectivity index (χ4v) is 4.67. The third-order valence-electron chi connectivity index (χ3n) is 5.38. The molecule has 0 aliphatic heterocycles. The van der Waals surface area contributed by atoms with Crippen molar-refractivity contribution < 1.29 is 4.79 Å². The van der Waals surface area contributed by atoms with Crippen LogP contribution in [0.2, 0.25) is 5.02 Å². The van der Waals surface area contributed by atoms with E-state index in [2.05, 4.69) is 21.7 Å². The van der Waals surface area contributed by atoms with E-state index in [1.54, 1.807) is 17.5 Å². The zero-order valence-corrected chi connectivity index (χ0v) is 16.5. The van der Waals surface area contributed by atoms with Crippen molar-refractivity contribution in [2.75, 3.05) is 0 Å². The summed E-state index contributed by atoms with van der Waals surface area (Å²) in [5, 5.41) is 7.99. The van der Waals surface area contributed by atoms with Gasteiger partial charge in [-0.2, -0.15) is 11.3 Å². The molecule has 0 unspecified atom stereocenters. The molecule has 0 spiro atoms. The molecule has 27 heavy (non-hydrogen) atoms. The molecule has 3 aromatic rings. The van der Waals surface area contributed by atoms with Gasteiger partial charge in [-0.3, -0.25) is 9.78 Å². The van der Waals surface area contributed by atoms with Crippen LogP contribution < -0.4 is 5.32 Å². The Labute approximate surface area is 168 Å². The van der Waals surface area contributed by atoms with Crippen LogP contribution in [0.1, 0.15) is 36.8 Å². The van der Waals surface area contributed by atoms with E-state index < -0.39 is 5.41 Å². The molecular formula is C22H21ClN2OS. The fourth-order valence-electron chi connectivity index (χ4n) is 3.90. The van der Waals surface area contributed by atoms with Gasteiger partial charge in [0.2, 0.25) is 5.91 Å². The van der Waals surface area contributed by atoms with Gasteiger partial charge in [-0.15, -0.1) is 0 Å². The summed E-state index contributed by atoms with van der Waals surface area (Å²) < 4.78 is 0. The second-order valence-corrected chi connectivity index (χ2v) is 8.26. The minimum atomic E-state index is -0.437. The molecule has 1 N–H and O–H groups in total. The van der Waals surface area contributed by atoms with E-state index in [0.717, 1.165) is 48.1 Å². The lowest BCUT2D eigenvalue weighted by Crippen LogP contribution is -2.42. The number of thiophene rings is 1. The van der Waals surface area contributed by atoms with Crippen molar-refractivity contribution >= 4 is 28.8 Å². The van der Waals surface area contributed by atoms with Crippen LogP contribution in [0.25, 0.3) is 11.3 Å². The molecule has 4 rings (SSSR count). The van der Waals surface area contributed by atoms with E-state index in [0.29, 0.717) is 11.6 Å². The summed E-state index contributed by atoms with van der Waals surface area (Å²) in [7, 11) is 0. The molecule has 0 bridgehead atoms. The normalized spacial score (nSPS) is 15.6. The number of pyridine rings is 1. The molecule has 1 saturated carbocycles. The number of carbonyl (C=O) groups excluding carboxylic acids is 1. The van der Waals surface area contributed by atoms with Gasteiger partial charge in [0, 0.05) is 28.7 Å². The van der Waals surface area contributed by atoms with Crippen LogP contribution >= 0.6 is 22.9 Å². The molecule has 0 saturated heterocycles. The molecule has 2 aromatic heterocycles. The van der Waals surface area contributed by atoms with Gasteiger partial charge in [0.25, 0.3) is 0 Å². The minimum absolute atomic E-state index is 0.108. The van der Waals surface area contributed by atoms with E-state index in [9.17, 15) is 4.79 Å². The lowest BCUT2D eigenvalue weighted by molar-refractivity contribution is -0.126. The Balaban J connectivity index is 1.51. The maximum absolute atomic E-state index is 13.2. The lowest BCUT2D eigenvalue weighted by Gasteiger charge is -2.28. The van der Waals surface area contributed by atoms with Gasteiger partial charge in [0.1, 0.15) is 0 Å². The Kier molecular flexibility index (Phi) is 5.28. The van der Waals surface area contributed by atoms with E-state index in [-0.39, 0.29) is 5.91 Å². The molecule has 2 heterocycles. The molecule has 3 nitrogen and oxygen atoms in total. The highest BCUT2D eigenvalue weighted by atomic mass is 35.5. The number of hydrogen-bond acceptors (Lipinski definition) is 3. The van der Waals surface area contributed by atoms with Crippen molar-refractivity contribution in [3.8, 4) is 11.3 Å². The molecule has 138 valence electrons. The Morgan fingerprint density at radius 1 is 1.15 bits per heavy atom. The summed E-state index contributed by atoms with van der Waals surface area (Å²) in [6.07, 6.45) is 5.73. The molecule has 1 aromatic carbocycles. The molecule has 1 amide bonds. The molecular weight excluding hydrogens is 376 g/mol. The Bertz CT molecular complexity index is 916. The van der Waals surface area contributed by atoms with Crippen molar-refractivity contribution in [1.29, 1.82) is 0 Å². The van der Waals surface area contributed by atoms with Crippen LogP contribution in [0, 0.1) is 0 Å². The smallest absolute Gasteiger partial charge is 0.230 e. The average Bonchev–Trinajstić information content (AvgIpc) is 3.39. The average molecular weight is 397 g/mol. The number of nitrogens with zero attached hydrogens (tertiary/aromatic N) is 1. The third kappa shape index (κ3) is 3.78. The van der Waals surface area contributed by atoms with Crippen LogP contribution in [0.4, 0.5) is 0 Å². The number of rotatable bonds is 5. The van der Waals surface area contributed by atoms with E-state index in [4.69, 9.17) is 11.6 Å². The number of nitrogens with one attached hydrogen (secondary N) is 1. The van der Waals surface area contributed by atoms with Crippen molar-refractivity contribution in [3.05, 3.63) is 75.6 Å². The number of aromatic nitrogens is 1. The fraction of sp³-hybridized carbons (Fsp3) is 0.273. The minimum Gasteiger partial charge on any atom is -0.351 e. The molecule has 0 radical (unpaired) electrons. The van der Waals surface area contributed by atoms with Gasteiger partial charge < -0.3 is 5.32 Å². The van der Waals surface area contributed by atoms with Gasteiger partial charge in [-0.05, 0) is 59.7 Å². The van der Waals surface area contributed by atoms with E-state index in [1.165, 1.54) is 0 Å². The summed E-state index contributed by atoms with van der Waals surface area (Å²) in [5.74, 6) is 0.108. The summed E-state index contributed by atoms with van der Waals surface area (Å²) in [6.45, 7) is 0.508. The Morgan fingerprint density at radius 2 is 1.93 bits per heavy atom. The quantitative estimate of drug-likeness (QED) is 0.610. The zero-order chi connectivity index (χ0) is 18.7. The van der Waals surface area contributed by atoms with Gasteiger partial charge >= 0.3 is 0 Å². The van der Waals surface area contributed by atoms with Gasteiger partial charge in [-0.25, -0.2) is 0 Å². The second-order valence-electron chi connectivity index (χ2n) is 7.04. The zero-order valence-electron chi connectivity index (χ0n) is 15.0. The number of amides is 1. The summed E-state index contributed by atoms with van der Waals surface area (Å²) in [5.41, 5.74) is 3.74. The van der Waals surface area contributed by atoms with Gasteiger partial charge in [-0.1, -0.05) is 36.6 Å². The van der Waals surface area contributed by atoms with Crippen molar-refractivity contribution in [2.24, 2.45) is 0 Å². The first-order valence-corrected chi connectivity index (χ1v) is 10.5. The molecule has 0 atom stereocenters. The summed E-state index contributed by atoms with van der Waals surface area (Å²) in [6, 6.07) is 13.8. The first-order chi connectivity index (χ1) is 13.2. The van der Waals surface area contributed by atoms with E-state index >= 15 is 0 Å². The number of hydrogen-bond donors (Lipinski definition) is 1. The summed E-state index contributed by atoms with van der Waals surface area (Å²) >= 11 is 7.69. The standard InChI is InChI=1S/C22H21ClN2OS/c23-19-5-3-18(4-6-19)22(9-1-2-10-22)21(26)25-14-16-7-11-24-20(13-16)17-8-12-27-15-17/h3-8,11-13,15H,1-2,9-10,14H2,(H,25,26). The topological polar surface area (TPSA) is 42.0 Å². The van der Waals surface area contributed by atoms with E-state index in [1.807, 2.05) is 41.8 Å². The SMILES string of the molecule is O=C(NCc1ccnc(-c2ccsc2)c1)C1(c2ccc(Cl)cc2)CCCC1. The van der Waals surface area contributed by atoms with Crippen LogP contribution in [0.5, 0.6) is 0 Å². The largest absolute Gasteiger partial charge is 0.351 e. The summed E-state index contributed by atoms with van der Waals surface area (Å²) in [4.78, 5) is 17.6. The first kappa shape index (κ1) is 18.2. The van der Waals surface area contributed by atoms with Crippen LogP contribution in [0.3, 0.4) is 0 Å². The predicted octanol–water partition coefficient (Wildman–Crippen LogP) is 5.59. The molecule has 1 fully saturated rings. The molecule has 1 aliphatic rings. The lowest BCUT2D eigenvalue weighted by atomic mass is 9.78. The molecule has 1 aliphatic carbocycles. The maximum Gasteiger partial charge on any atom is 0.230 e.